The van der Waals surface area contributed by atoms with E-state index in [-0.39, 0.29) is 0 Å². The molecule has 0 saturated carbocycles. The lowest BCUT2D eigenvalue weighted by molar-refractivity contribution is 0.392. The van der Waals surface area contributed by atoms with E-state index in [4.69, 9.17) is 10.4 Å². The molecule has 3 aromatic heterocycles. The zero-order chi connectivity index (χ0) is 14.1. The molecule has 7 nitrogen and oxygen atoms in total. The molecule has 3 aromatic rings. The van der Waals surface area contributed by atoms with Gasteiger partial charge in [0, 0.05) is 12.1 Å². The predicted molar refractivity (Wildman–Crippen MR) is 78.5 cm³/mol. The fourth-order valence-electron chi connectivity index (χ4n) is 1.98. The molecule has 0 aliphatic heterocycles. The van der Waals surface area contributed by atoms with Crippen molar-refractivity contribution in [2.24, 2.45) is 5.84 Å². The van der Waals surface area contributed by atoms with E-state index in [1.54, 1.807) is 11.3 Å². The molecule has 8 heteroatoms. The summed E-state index contributed by atoms with van der Waals surface area (Å²) in [6.45, 7) is 4.40. The minimum Gasteiger partial charge on any atom is -0.365 e. The van der Waals surface area contributed by atoms with E-state index in [1.165, 1.54) is 0 Å². The van der Waals surface area contributed by atoms with Gasteiger partial charge in [0.05, 0.1) is 11.1 Å². The Labute approximate surface area is 119 Å². The van der Waals surface area contributed by atoms with E-state index in [2.05, 4.69) is 25.9 Å². The quantitative estimate of drug-likeness (QED) is 0.500. The third-order valence-electron chi connectivity index (χ3n) is 3.07. The van der Waals surface area contributed by atoms with E-state index in [0.29, 0.717) is 12.5 Å². The van der Waals surface area contributed by atoms with Crippen LogP contribution in [0.3, 0.4) is 0 Å². The number of anilines is 2. The number of nitrogens with two attached hydrogens (primary N) is 1. The SMILES string of the molecule is Cc1noc(C)c1CNc1nc(NN)nc2sccc12. The Balaban J connectivity index is 1.92. The van der Waals surface area contributed by atoms with E-state index < -0.39 is 0 Å². The number of hydrogen-bond acceptors (Lipinski definition) is 8. The zero-order valence-electron chi connectivity index (χ0n) is 11.1. The Hall–Kier alpha value is -2.19. The van der Waals surface area contributed by atoms with Gasteiger partial charge in [0.2, 0.25) is 5.95 Å². The number of nitrogens with zero attached hydrogens (tertiary/aromatic N) is 3. The molecule has 0 bridgehead atoms. The highest BCUT2D eigenvalue weighted by molar-refractivity contribution is 7.16. The highest BCUT2D eigenvalue weighted by atomic mass is 32.1. The smallest absolute Gasteiger partial charge is 0.240 e. The molecule has 0 spiro atoms. The van der Waals surface area contributed by atoms with E-state index in [1.807, 2.05) is 25.3 Å². The van der Waals surface area contributed by atoms with Crippen LogP contribution in [0.2, 0.25) is 0 Å². The summed E-state index contributed by atoms with van der Waals surface area (Å²) < 4.78 is 5.15. The molecule has 0 atom stereocenters. The lowest BCUT2D eigenvalue weighted by Crippen LogP contribution is -2.12. The number of nitrogen functional groups attached to an aromatic ring is 1. The average molecular weight is 290 g/mol. The van der Waals surface area contributed by atoms with Crippen LogP contribution in [0.1, 0.15) is 17.0 Å². The number of hydrogen-bond donors (Lipinski definition) is 3. The summed E-state index contributed by atoms with van der Waals surface area (Å²) in [6.07, 6.45) is 0. The monoisotopic (exact) mass is 290 g/mol. The standard InChI is InChI=1S/C12H14N6OS/c1-6-9(7(2)19-18-6)5-14-10-8-3-4-20-11(8)16-12(15-10)17-13/h3-4H,5,13H2,1-2H3,(H2,14,15,16,17). The van der Waals surface area contributed by atoms with Gasteiger partial charge in [-0.05, 0) is 25.3 Å². The molecule has 0 saturated heterocycles. The first-order chi connectivity index (χ1) is 9.69. The lowest BCUT2D eigenvalue weighted by atomic mass is 10.2. The first-order valence-electron chi connectivity index (χ1n) is 6.06. The number of nitrogens with one attached hydrogen (secondary N) is 2. The average Bonchev–Trinajstić information content (AvgIpc) is 3.04. The number of fused-ring (bicyclic) bond motifs is 1. The van der Waals surface area contributed by atoms with Crippen molar-refractivity contribution in [2.75, 3.05) is 10.7 Å². The molecule has 4 N–H and O–H groups in total. The van der Waals surface area contributed by atoms with E-state index in [9.17, 15) is 0 Å². The normalized spacial score (nSPS) is 10.9. The number of thiophene rings is 1. The van der Waals surface area contributed by atoms with Crippen molar-refractivity contribution in [1.29, 1.82) is 0 Å². The second kappa shape index (κ2) is 5.06. The first-order valence-corrected chi connectivity index (χ1v) is 6.94. The van der Waals surface area contributed by atoms with Gasteiger partial charge in [0.25, 0.3) is 0 Å². The fourth-order valence-corrected chi connectivity index (χ4v) is 2.74. The highest BCUT2D eigenvalue weighted by Crippen LogP contribution is 2.27. The van der Waals surface area contributed by atoms with Crippen LogP contribution in [-0.4, -0.2) is 15.1 Å². The van der Waals surface area contributed by atoms with Crippen molar-refractivity contribution in [3.8, 4) is 0 Å². The maximum Gasteiger partial charge on any atom is 0.240 e. The minimum absolute atomic E-state index is 0.390. The van der Waals surface area contributed by atoms with E-state index >= 15 is 0 Å². The van der Waals surface area contributed by atoms with Gasteiger partial charge in [-0.3, -0.25) is 5.43 Å². The van der Waals surface area contributed by atoms with Gasteiger partial charge in [0.1, 0.15) is 16.4 Å². The zero-order valence-corrected chi connectivity index (χ0v) is 11.9. The third kappa shape index (κ3) is 2.19. The minimum atomic E-state index is 0.390. The topological polar surface area (TPSA) is 102 Å². The van der Waals surface area contributed by atoms with Crippen molar-refractivity contribution in [1.82, 2.24) is 15.1 Å². The van der Waals surface area contributed by atoms with Crippen LogP contribution in [0.15, 0.2) is 16.0 Å². The molecule has 0 unspecified atom stereocenters. The lowest BCUT2D eigenvalue weighted by Gasteiger charge is -2.08. The van der Waals surface area contributed by atoms with Crippen LogP contribution in [0.5, 0.6) is 0 Å². The van der Waals surface area contributed by atoms with Gasteiger partial charge >= 0.3 is 0 Å². The van der Waals surface area contributed by atoms with Crippen LogP contribution in [-0.2, 0) is 6.54 Å². The highest BCUT2D eigenvalue weighted by Gasteiger charge is 2.12. The van der Waals surface area contributed by atoms with Crippen LogP contribution in [0.4, 0.5) is 11.8 Å². The maximum atomic E-state index is 5.39. The predicted octanol–water partition coefficient (Wildman–Crippen LogP) is 2.19. The van der Waals surface area contributed by atoms with Crippen LogP contribution in [0, 0.1) is 13.8 Å². The summed E-state index contributed by atoms with van der Waals surface area (Å²) in [6, 6.07) is 1.98. The Kier molecular flexibility index (Phi) is 3.25. The Morgan fingerprint density at radius 1 is 1.35 bits per heavy atom. The van der Waals surface area contributed by atoms with Crippen LogP contribution in [0.25, 0.3) is 10.2 Å². The van der Waals surface area contributed by atoms with Crippen molar-refractivity contribution >= 4 is 33.3 Å². The van der Waals surface area contributed by atoms with Crippen LogP contribution >= 0.6 is 11.3 Å². The van der Waals surface area contributed by atoms with Gasteiger partial charge < -0.3 is 9.84 Å². The summed E-state index contributed by atoms with van der Waals surface area (Å²) in [4.78, 5) is 9.53. The third-order valence-corrected chi connectivity index (χ3v) is 3.87. The molecule has 0 aliphatic rings. The Morgan fingerprint density at radius 2 is 2.20 bits per heavy atom. The number of aryl methyl sites for hydroxylation is 2. The van der Waals surface area contributed by atoms with E-state index in [0.717, 1.165) is 33.1 Å². The van der Waals surface area contributed by atoms with Gasteiger partial charge in [-0.15, -0.1) is 11.3 Å². The van der Waals surface area contributed by atoms with Crippen LogP contribution < -0.4 is 16.6 Å². The maximum absolute atomic E-state index is 5.39. The van der Waals surface area contributed by atoms with Crippen molar-refractivity contribution in [3.63, 3.8) is 0 Å². The Morgan fingerprint density at radius 3 is 2.90 bits per heavy atom. The summed E-state index contributed by atoms with van der Waals surface area (Å²) in [7, 11) is 0. The summed E-state index contributed by atoms with van der Waals surface area (Å²) in [5, 5.41) is 10.2. The molecular formula is C12H14N6OS. The molecular weight excluding hydrogens is 276 g/mol. The Bertz CT molecular complexity index is 730. The molecule has 20 heavy (non-hydrogen) atoms. The molecule has 0 fully saturated rings. The summed E-state index contributed by atoms with van der Waals surface area (Å²) in [5.41, 5.74) is 4.39. The molecule has 0 aromatic carbocycles. The van der Waals surface area contributed by atoms with Gasteiger partial charge in [-0.25, -0.2) is 10.8 Å². The molecule has 0 radical (unpaired) electrons. The van der Waals surface area contributed by atoms with Gasteiger partial charge in [-0.2, -0.15) is 4.98 Å². The fraction of sp³-hybridized carbons (Fsp3) is 0.250. The second-order valence-corrected chi connectivity index (χ2v) is 5.23. The molecule has 0 aliphatic carbocycles. The van der Waals surface area contributed by atoms with Gasteiger partial charge in [0.15, 0.2) is 0 Å². The number of aromatic nitrogens is 3. The molecule has 3 heterocycles. The summed E-state index contributed by atoms with van der Waals surface area (Å²) >= 11 is 1.54. The van der Waals surface area contributed by atoms with Gasteiger partial charge in [-0.1, -0.05) is 5.16 Å². The summed E-state index contributed by atoms with van der Waals surface area (Å²) in [5.74, 6) is 7.33. The number of rotatable bonds is 4. The largest absolute Gasteiger partial charge is 0.365 e. The van der Waals surface area contributed by atoms with Crippen molar-refractivity contribution < 1.29 is 4.52 Å². The first kappa shape index (κ1) is 12.8. The van der Waals surface area contributed by atoms with Crippen molar-refractivity contribution in [2.45, 2.75) is 20.4 Å². The second-order valence-electron chi connectivity index (χ2n) is 4.34. The van der Waals surface area contributed by atoms with Crippen molar-refractivity contribution in [3.05, 3.63) is 28.5 Å². The molecule has 3 rings (SSSR count). The molecule has 104 valence electrons. The molecule has 0 amide bonds. The number of hydrazine groups is 1.